The van der Waals surface area contributed by atoms with Gasteiger partial charge in [-0.15, -0.1) is 0 Å². The summed E-state index contributed by atoms with van der Waals surface area (Å²) in [5, 5.41) is 0. The lowest BCUT2D eigenvalue weighted by molar-refractivity contribution is -0.164. The van der Waals surface area contributed by atoms with E-state index in [2.05, 4.69) is 4.74 Å². The topological polar surface area (TPSA) is 86.5 Å². The number of rotatable bonds is 4. The van der Waals surface area contributed by atoms with E-state index in [1.807, 2.05) is 18.2 Å². The lowest BCUT2D eigenvalue weighted by Crippen LogP contribution is -2.36. The summed E-state index contributed by atoms with van der Waals surface area (Å²) in [6.45, 7) is 1.03. The molecule has 1 aromatic rings. The number of hydrogen-bond donors (Lipinski definition) is 1. The molecule has 90 valence electrons. The molecular formula is C12H13NO4. The third kappa shape index (κ3) is 4.16. The zero-order chi connectivity index (χ0) is 12.8. The number of esters is 2. The van der Waals surface area contributed by atoms with Crippen molar-refractivity contribution in [1.82, 2.24) is 0 Å². The van der Waals surface area contributed by atoms with Crippen LogP contribution in [-0.2, 0) is 25.5 Å². The van der Waals surface area contributed by atoms with Crippen LogP contribution in [0, 0.1) is 0 Å². The van der Waals surface area contributed by atoms with Gasteiger partial charge in [0.15, 0.2) is 0 Å². The fraction of sp³-hybridized carbons (Fsp3) is 0.250. The van der Waals surface area contributed by atoms with Crippen LogP contribution in [0.2, 0.25) is 0 Å². The number of carbonyl (C=O) groups is 3. The lowest BCUT2D eigenvalue weighted by Gasteiger charge is -2.09. The van der Waals surface area contributed by atoms with Crippen molar-refractivity contribution in [2.75, 3.05) is 0 Å². The Bertz CT molecular complexity index is 427. The maximum Gasteiger partial charge on any atom is 0.381 e. The monoisotopic (exact) mass is 235 g/mol. The lowest BCUT2D eigenvalue weighted by atomic mass is 10.1. The van der Waals surface area contributed by atoms with Gasteiger partial charge in [0.2, 0.25) is 5.78 Å². The molecule has 0 aliphatic rings. The molecule has 0 fully saturated rings. The Kier molecular flexibility index (Phi) is 4.54. The third-order valence-corrected chi connectivity index (χ3v) is 2.08. The average Bonchev–Trinajstić information content (AvgIpc) is 2.29. The van der Waals surface area contributed by atoms with Gasteiger partial charge in [0.05, 0.1) is 0 Å². The minimum atomic E-state index is -1.18. The quantitative estimate of drug-likeness (QED) is 0.458. The highest BCUT2D eigenvalue weighted by atomic mass is 16.6. The van der Waals surface area contributed by atoms with Gasteiger partial charge in [0.1, 0.15) is 6.04 Å². The van der Waals surface area contributed by atoms with Crippen molar-refractivity contribution < 1.29 is 19.1 Å². The Morgan fingerprint density at radius 2 is 1.82 bits per heavy atom. The Labute approximate surface area is 98.6 Å². The highest BCUT2D eigenvalue weighted by Gasteiger charge is 2.21. The van der Waals surface area contributed by atoms with E-state index in [4.69, 9.17) is 5.73 Å². The van der Waals surface area contributed by atoms with Gasteiger partial charge < -0.3 is 10.5 Å². The number of hydrogen-bond acceptors (Lipinski definition) is 5. The van der Waals surface area contributed by atoms with Crippen molar-refractivity contribution in [2.45, 2.75) is 19.4 Å². The van der Waals surface area contributed by atoms with Crippen LogP contribution in [0.25, 0.3) is 0 Å². The van der Waals surface area contributed by atoms with Gasteiger partial charge in [0, 0.05) is 6.92 Å². The highest BCUT2D eigenvalue weighted by Crippen LogP contribution is 2.03. The Morgan fingerprint density at radius 3 is 2.35 bits per heavy atom. The van der Waals surface area contributed by atoms with E-state index in [1.165, 1.54) is 0 Å². The molecule has 0 bridgehead atoms. The Hall–Kier alpha value is -2.01. The van der Waals surface area contributed by atoms with E-state index in [-0.39, 0.29) is 6.42 Å². The van der Waals surface area contributed by atoms with Crippen LogP contribution in [0.1, 0.15) is 12.5 Å². The van der Waals surface area contributed by atoms with Gasteiger partial charge in [-0.1, -0.05) is 30.3 Å². The van der Waals surface area contributed by atoms with Crippen LogP contribution in [0.4, 0.5) is 0 Å². The van der Waals surface area contributed by atoms with E-state index in [1.54, 1.807) is 12.1 Å². The number of Topliss-reactive ketones (excluding diaryl/α,β-unsaturated/α-hetero) is 1. The van der Waals surface area contributed by atoms with Crippen LogP contribution in [-0.4, -0.2) is 23.8 Å². The van der Waals surface area contributed by atoms with E-state index in [0.29, 0.717) is 0 Å². The average molecular weight is 235 g/mol. The molecule has 1 atom stereocenters. The third-order valence-electron chi connectivity index (χ3n) is 2.08. The van der Waals surface area contributed by atoms with E-state index >= 15 is 0 Å². The summed E-state index contributed by atoms with van der Waals surface area (Å²) in [6.07, 6.45) is 0.255. The van der Waals surface area contributed by atoms with Crippen LogP contribution >= 0.6 is 0 Å². The second-order valence-electron chi connectivity index (χ2n) is 3.56. The molecule has 5 heteroatoms. The van der Waals surface area contributed by atoms with Crippen LogP contribution in [0.5, 0.6) is 0 Å². The second-order valence-corrected chi connectivity index (χ2v) is 3.56. The van der Waals surface area contributed by atoms with Crippen molar-refractivity contribution in [1.29, 1.82) is 0 Å². The highest BCUT2D eigenvalue weighted by molar-refractivity contribution is 6.34. The zero-order valence-electron chi connectivity index (χ0n) is 9.38. The summed E-state index contributed by atoms with van der Waals surface area (Å²) in [5.41, 5.74) is 6.41. The fourth-order valence-electron chi connectivity index (χ4n) is 1.19. The van der Waals surface area contributed by atoms with Gasteiger partial charge in [-0.2, -0.15) is 0 Å². The molecule has 0 aliphatic carbocycles. The minimum absolute atomic E-state index is 0.255. The Balaban J connectivity index is 2.53. The number of nitrogens with two attached hydrogens (primary N) is 1. The molecule has 0 saturated carbocycles. The molecular weight excluding hydrogens is 222 g/mol. The molecule has 0 spiro atoms. The van der Waals surface area contributed by atoms with E-state index in [0.717, 1.165) is 12.5 Å². The van der Waals surface area contributed by atoms with Gasteiger partial charge in [-0.05, 0) is 12.0 Å². The number of ketones is 1. The summed E-state index contributed by atoms with van der Waals surface area (Å²) in [6, 6.07) is 8.12. The van der Waals surface area contributed by atoms with Crippen molar-refractivity contribution in [2.24, 2.45) is 5.73 Å². The summed E-state index contributed by atoms with van der Waals surface area (Å²) in [4.78, 5) is 32.8. The van der Waals surface area contributed by atoms with Crippen molar-refractivity contribution in [3.05, 3.63) is 35.9 Å². The first-order valence-corrected chi connectivity index (χ1v) is 5.07. The summed E-state index contributed by atoms with van der Waals surface area (Å²) in [7, 11) is 0. The van der Waals surface area contributed by atoms with Gasteiger partial charge in [-0.25, -0.2) is 9.59 Å². The van der Waals surface area contributed by atoms with Crippen LogP contribution in [0.3, 0.4) is 0 Å². The molecule has 0 radical (unpaired) electrons. The standard InChI is InChI=1S/C12H13NO4/c1-8(14)11(15)17-12(16)10(13)7-9-5-3-2-4-6-9/h2-6,10H,7,13H2,1H3/t10-/m0/s1. The predicted molar refractivity (Wildman–Crippen MR) is 59.9 cm³/mol. The van der Waals surface area contributed by atoms with Crippen molar-refractivity contribution in [3.8, 4) is 0 Å². The summed E-state index contributed by atoms with van der Waals surface area (Å²) in [5.74, 6) is -2.90. The molecule has 0 heterocycles. The molecule has 1 rings (SSSR count). The zero-order valence-corrected chi connectivity index (χ0v) is 9.38. The molecule has 0 amide bonds. The molecule has 1 aromatic carbocycles. The van der Waals surface area contributed by atoms with Gasteiger partial charge >= 0.3 is 11.9 Å². The smallest absolute Gasteiger partial charge is 0.381 e. The number of ether oxygens (including phenoxy) is 1. The first-order chi connectivity index (χ1) is 8.00. The SMILES string of the molecule is CC(=O)C(=O)OC(=O)[C@@H](N)Cc1ccccc1. The van der Waals surface area contributed by atoms with E-state index < -0.39 is 23.8 Å². The van der Waals surface area contributed by atoms with E-state index in [9.17, 15) is 14.4 Å². The molecule has 0 saturated heterocycles. The van der Waals surface area contributed by atoms with Crippen molar-refractivity contribution >= 4 is 17.7 Å². The van der Waals surface area contributed by atoms with Crippen LogP contribution in [0.15, 0.2) is 30.3 Å². The van der Waals surface area contributed by atoms with Crippen molar-refractivity contribution in [3.63, 3.8) is 0 Å². The predicted octanol–water partition coefficient (Wildman–Crippen LogP) is 0.215. The second kappa shape index (κ2) is 5.91. The first-order valence-electron chi connectivity index (χ1n) is 5.07. The van der Waals surface area contributed by atoms with Crippen LogP contribution < -0.4 is 5.73 Å². The molecule has 17 heavy (non-hydrogen) atoms. The normalized spacial score (nSPS) is 11.6. The molecule has 0 unspecified atom stereocenters. The summed E-state index contributed by atoms with van der Waals surface area (Å²) < 4.78 is 4.29. The first kappa shape index (κ1) is 13.1. The summed E-state index contributed by atoms with van der Waals surface area (Å²) >= 11 is 0. The largest absolute Gasteiger partial charge is 0.386 e. The maximum absolute atomic E-state index is 11.3. The molecule has 0 aliphatic heterocycles. The Morgan fingerprint density at radius 1 is 1.24 bits per heavy atom. The number of benzene rings is 1. The minimum Gasteiger partial charge on any atom is -0.386 e. The van der Waals surface area contributed by atoms with Gasteiger partial charge in [0.25, 0.3) is 0 Å². The molecule has 2 N–H and O–H groups in total. The fourth-order valence-corrected chi connectivity index (χ4v) is 1.19. The number of carbonyl (C=O) groups excluding carboxylic acids is 3. The molecule has 5 nitrogen and oxygen atoms in total. The maximum atomic E-state index is 11.3. The molecule has 0 aromatic heterocycles. The van der Waals surface area contributed by atoms with Gasteiger partial charge in [-0.3, -0.25) is 4.79 Å².